The van der Waals surface area contributed by atoms with Crippen LogP contribution in [-0.2, 0) is 0 Å². The molecule has 29 heavy (non-hydrogen) atoms. The fourth-order valence-electron chi connectivity index (χ4n) is 4.00. The predicted octanol–water partition coefficient (Wildman–Crippen LogP) is 2.00. The second-order valence-corrected chi connectivity index (χ2v) is 7.58. The number of halogens is 1. The first-order valence-electron chi connectivity index (χ1n) is 9.62. The van der Waals surface area contributed by atoms with E-state index in [4.69, 9.17) is 0 Å². The molecular formula is C19H19FN6O3. The summed E-state index contributed by atoms with van der Waals surface area (Å²) in [7, 11) is 0. The molecule has 0 bridgehead atoms. The van der Waals surface area contributed by atoms with Gasteiger partial charge in [0.15, 0.2) is 11.6 Å². The second-order valence-electron chi connectivity index (χ2n) is 7.58. The Morgan fingerprint density at radius 1 is 1.17 bits per heavy atom. The van der Waals surface area contributed by atoms with E-state index in [2.05, 4.69) is 15.3 Å². The lowest BCUT2D eigenvalue weighted by Gasteiger charge is -2.33. The molecule has 0 radical (unpaired) electrons. The normalized spacial score (nSPS) is 17.8. The van der Waals surface area contributed by atoms with Crippen LogP contribution in [0.25, 0.3) is 11.0 Å². The van der Waals surface area contributed by atoms with Gasteiger partial charge in [-0.25, -0.2) is 18.9 Å². The second kappa shape index (κ2) is 6.64. The Bertz CT molecular complexity index is 1150. The monoisotopic (exact) mass is 398 g/mol. The largest absolute Gasteiger partial charge is 0.477 e. The zero-order chi connectivity index (χ0) is 20.1. The van der Waals surface area contributed by atoms with Crippen molar-refractivity contribution in [2.75, 3.05) is 18.0 Å². The molecule has 1 aliphatic heterocycles. The molecule has 0 spiro atoms. The van der Waals surface area contributed by atoms with Crippen molar-refractivity contribution in [2.24, 2.45) is 0 Å². The molecule has 1 N–H and O–H groups in total. The number of fused-ring (bicyclic) bond motifs is 1. The molecule has 3 aromatic heterocycles. The van der Waals surface area contributed by atoms with Gasteiger partial charge in [0.25, 0.3) is 0 Å². The summed E-state index contributed by atoms with van der Waals surface area (Å²) >= 11 is 0. The summed E-state index contributed by atoms with van der Waals surface area (Å²) in [5.41, 5.74) is -0.712. The van der Waals surface area contributed by atoms with E-state index in [1.807, 2.05) is 15.8 Å². The SMILES string of the molecule is O=C(O)c1cn(C2CC2)c2nc(N3CCC(n4ccnn4)CC3)c(F)cc2c1=O. The van der Waals surface area contributed by atoms with Gasteiger partial charge in [-0.15, -0.1) is 5.10 Å². The number of pyridine rings is 2. The molecule has 0 aromatic carbocycles. The third kappa shape index (κ3) is 3.04. The van der Waals surface area contributed by atoms with Crippen LogP contribution in [0.5, 0.6) is 0 Å². The number of carbonyl (C=O) groups is 1. The number of hydrogen-bond acceptors (Lipinski definition) is 6. The van der Waals surface area contributed by atoms with Crippen molar-refractivity contribution in [3.63, 3.8) is 0 Å². The fraction of sp³-hybridized carbons (Fsp3) is 0.421. The molecule has 0 atom stereocenters. The van der Waals surface area contributed by atoms with Crippen LogP contribution >= 0.6 is 0 Å². The number of rotatable bonds is 4. The van der Waals surface area contributed by atoms with Crippen molar-refractivity contribution in [1.29, 1.82) is 0 Å². The first-order chi connectivity index (χ1) is 14.0. The Labute approximate surface area is 164 Å². The minimum Gasteiger partial charge on any atom is -0.477 e. The van der Waals surface area contributed by atoms with Gasteiger partial charge in [0.2, 0.25) is 5.43 Å². The maximum Gasteiger partial charge on any atom is 0.341 e. The van der Waals surface area contributed by atoms with E-state index in [0.29, 0.717) is 18.7 Å². The molecule has 5 rings (SSSR count). The Balaban J connectivity index is 1.53. The molecule has 4 heterocycles. The molecule has 2 aliphatic rings. The number of piperidine rings is 1. The summed E-state index contributed by atoms with van der Waals surface area (Å²) in [6, 6.07) is 1.44. The molecule has 1 aliphatic carbocycles. The fourth-order valence-corrected chi connectivity index (χ4v) is 4.00. The lowest BCUT2D eigenvalue weighted by Crippen LogP contribution is -2.36. The van der Waals surface area contributed by atoms with Crippen LogP contribution in [0.1, 0.15) is 48.1 Å². The molecular weight excluding hydrogens is 379 g/mol. The van der Waals surface area contributed by atoms with E-state index in [1.165, 1.54) is 6.20 Å². The van der Waals surface area contributed by atoms with E-state index in [-0.39, 0.29) is 28.9 Å². The maximum absolute atomic E-state index is 14.9. The summed E-state index contributed by atoms with van der Waals surface area (Å²) in [4.78, 5) is 30.4. The van der Waals surface area contributed by atoms with E-state index in [9.17, 15) is 19.1 Å². The molecule has 1 saturated carbocycles. The number of hydrogen-bond donors (Lipinski definition) is 1. The number of nitrogens with zero attached hydrogens (tertiary/aromatic N) is 6. The van der Waals surface area contributed by atoms with E-state index >= 15 is 0 Å². The number of aromatic nitrogens is 5. The van der Waals surface area contributed by atoms with Crippen molar-refractivity contribution < 1.29 is 14.3 Å². The highest BCUT2D eigenvalue weighted by Crippen LogP contribution is 2.37. The van der Waals surface area contributed by atoms with E-state index in [1.54, 1.807) is 10.8 Å². The Kier molecular flexibility index (Phi) is 4.07. The van der Waals surface area contributed by atoms with Crippen molar-refractivity contribution in [3.05, 3.63) is 46.3 Å². The average molecular weight is 398 g/mol. The van der Waals surface area contributed by atoms with Crippen LogP contribution in [-0.4, -0.2) is 48.7 Å². The highest BCUT2D eigenvalue weighted by molar-refractivity contribution is 5.92. The van der Waals surface area contributed by atoms with Gasteiger partial charge in [0.05, 0.1) is 17.6 Å². The van der Waals surface area contributed by atoms with Gasteiger partial charge in [-0.3, -0.25) is 4.79 Å². The minimum atomic E-state index is -1.31. The zero-order valence-corrected chi connectivity index (χ0v) is 15.5. The third-order valence-electron chi connectivity index (χ3n) is 5.69. The van der Waals surface area contributed by atoms with E-state index in [0.717, 1.165) is 31.7 Å². The third-order valence-corrected chi connectivity index (χ3v) is 5.69. The molecule has 2 fully saturated rings. The van der Waals surface area contributed by atoms with Crippen LogP contribution in [0.3, 0.4) is 0 Å². The van der Waals surface area contributed by atoms with Crippen LogP contribution in [0.15, 0.2) is 29.5 Å². The van der Waals surface area contributed by atoms with Crippen molar-refractivity contribution in [1.82, 2.24) is 24.5 Å². The Hall–Kier alpha value is -3.30. The van der Waals surface area contributed by atoms with Gasteiger partial charge in [0.1, 0.15) is 11.2 Å². The summed E-state index contributed by atoms with van der Waals surface area (Å²) in [6.07, 6.45) is 8.12. The molecule has 0 amide bonds. The summed E-state index contributed by atoms with van der Waals surface area (Å²) in [5, 5.41) is 17.2. The highest BCUT2D eigenvalue weighted by Gasteiger charge is 2.30. The van der Waals surface area contributed by atoms with Crippen LogP contribution < -0.4 is 10.3 Å². The van der Waals surface area contributed by atoms with Gasteiger partial charge in [0, 0.05) is 31.5 Å². The summed E-state index contributed by atoms with van der Waals surface area (Å²) in [5.74, 6) is -1.73. The molecule has 0 unspecified atom stereocenters. The first kappa shape index (κ1) is 17.8. The standard InChI is InChI=1S/C19H19FN6O3/c20-15-9-13-16(27)14(19(28)29)10-25(11-1-2-11)17(13)22-18(15)24-6-3-12(4-7-24)26-8-5-21-23-26/h5,8-12H,1-4,6-7H2,(H,28,29). The first-order valence-corrected chi connectivity index (χ1v) is 9.62. The molecule has 9 nitrogen and oxygen atoms in total. The molecule has 3 aromatic rings. The summed E-state index contributed by atoms with van der Waals surface area (Å²) in [6.45, 7) is 1.20. The van der Waals surface area contributed by atoms with Crippen LogP contribution in [0, 0.1) is 5.82 Å². The average Bonchev–Trinajstić information content (AvgIpc) is 3.41. The van der Waals surface area contributed by atoms with Gasteiger partial charge >= 0.3 is 5.97 Å². The number of aromatic carboxylic acids is 1. The minimum absolute atomic E-state index is 0.00977. The zero-order valence-electron chi connectivity index (χ0n) is 15.5. The predicted molar refractivity (Wildman–Crippen MR) is 102 cm³/mol. The Morgan fingerprint density at radius 2 is 1.93 bits per heavy atom. The van der Waals surface area contributed by atoms with Gasteiger partial charge in [-0.1, -0.05) is 5.21 Å². The van der Waals surface area contributed by atoms with Gasteiger partial charge in [-0.05, 0) is 31.7 Å². The molecule has 150 valence electrons. The van der Waals surface area contributed by atoms with Crippen molar-refractivity contribution >= 4 is 22.8 Å². The number of anilines is 1. The Morgan fingerprint density at radius 3 is 2.55 bits per heavy atom. The summed E-state index contributed by atoms with van der Waals surface area (Å²) < 4.78 is 18.4. The van der Waals surface area contributed by atoms with Crippen molar-refractivity contribution in [2.45, 2.75) is 37.8 Å². The highest BCUT2D eigenvalue weighted by atomic mass is 19.1. The lowest BCUT2D eigenvalue weighted by atomic mass is 10.1. The van der Waals surface area contributed by atoms with Crippen LogP contribution in [0.4, 0.5) is 10.2 Å². The molecule has 1 saturated heterocycles. The maximum atomic E-state index is 14.9. The van der Waals surface area contributed by atoms with Crippen LogP contribution in [0.2, 0.25) is 0 Å². The van der Waals surface area contributed by atoms with Gasteiger partial charge < -0.3 is 14.6 Å². The quantitative estimate of drug-likeness (QED) is 0.716. The number of carboxylic acids is 1. The smallest absolute Gasteiger partial charge is 0.341 e. The van der Waals surface area contributed by atoms with Crippen molar-refractivity contribution in [3.8, 4) is 0 Å². The van der Waals surface area contributed by atoms with Gasteiger partial charge in [-0.2, -0.15) is 0 Å². The van der Waals surface area contributed by atoms with E-state index < -0.39 is 17.2 Å². The topological polar surface area (TPSA) is 106 Å². The lowest BCUT2D eigenvalue weighted by molar-refractivity contribution is 0.0695. The molecule has 10 heteroatoms. The number of carboxylic acid groups (broad SMARTS) is 1.